The molecule has 1 aliphatic rings. The molecule has 4 heteroatoms. The fraction of sp³-hybridized carbons (Fsp3) is 0.238. The molecule has 0 aromatic heterocycles. The summed E-state index contributed by atoms with van der Waals surface area (Å²) < 4.78 is 0. The van der Waals surface area contributed by atoms with Crippen molar-refractivity contribution in [3.63, 3.8) is 0 Å². The van der Waals surface area contributed by atoms with Gasteiger partial charge in [-0.2, -0.15) is 0 Å². The molecule has 0 saturated carbocycles. The number of carbonyl (C=O) groups is 1. The summed E-state index contributed by atoms with van der Waals surface area (Å²) in [6.45, 7) is 6.37. The normalized spacial score (nSPS) is 16.0. The van der Waals surface area contributed by atoms with Gasteiger partial charge in [0.05, 0.1) is 5.69 Å². The molecule has 0 spiro atoms. The van der Waals surface area contributed by atoms with Gasteiger partial charge in [0, 0.05) is 0 Å². The molecule has 2 aromatic rings. The minimum atomic E-state index is -0.0823. The molecule has 0 atom stereocenters. The van der Waals surface area contributed by atoms with E-state index in [1.807, 2.05) is 55.7 Å². The highest BCUT2D eigenvalue weighted by molar-refractivity contribution is 8.13. The van der Waals surface area contributed by atoms with Crippen LogP contribution in [0.5, 0.6) is 0 Å². The predicted octanol–water partition coefficient (Wildman–Crippen LogP) is 5.23. The molecule has 1 heterocycles. The summed E-state index contributed by atoms with van der Waals surface area (Å²) in [5.41, 5.74) is 4.76. The maximum absolute atomic E-state index is 12.9. The summed E-state index contributed by atoms with van der Waals surface area (Å²) in [6.07, 6.45) is 3.80. The van der Waals surface area contributed by atoms with E-state index < -0.39 is 0 Å². The third kappa shape index (κ3) is 3.69. The van der Waals surface area contributed by atoms with Crippen molar-refractivity contribution in [2.45, 2.75) is 26.7 Å². The summed E-state index contributed by atoms with van der Waals surface area (Å²) in [7, 11) is 0. The summed E-state index contributed by atoms with van der Waals surface area (Å²) in [5, 5.41) is 0.707. The van der Waals surface area contributed by atoms with Crippen molar-refractivity contribution >= 4 is 34.6 Å². The van der Waals surface area contributed by atoms with E-state index in [0.29, 0.717) is 16.8 Å². The molecular formula is C21H22N2OS. The maximum atomic E-state index is 12.9. The van der Waals surface area contributed by atoms with E-state index in [0.717, 1.165) is 11.3 Å². The van der Waals surface area contributed by atoms with Gasteiger partial charge in [-0.3, -0.25) is 9.69 Å². The van der Waals surface area contributed by atoms with Crippen LogP contribution in [0, 0.1) is 6.92 Å². The van der Waals surface area contributed by atoms with Crippen molar-refractivity contribution < 1.29 is 4.79 Å². The minimum absolute atomic E-state index is 0.0823. The summed E-state index contributed by atoms with van der Waals surface area (Å²) in [5.74, 6) is 0.411. The highest BCUT2D eigenvalue weighted by Gasteiger charge is 2.31. The van der Waals surface area contributed by atoms with Gasteiger partial charge in [-0.1, -0.05) is 67.6 Å². The van der Waals surface area contributed by atoms with Gasteiger partial charge in [-0.15, -0.1) is 0 Å². The van der Waals surface area contributed by atoms with Crippen LogP contribution in [0.15, 0.2) is 59.2 Å². The van der Waals surface area contributed by atoms with Crippen LogP contribution < -0.4 is 4.90 Å². The number of thioether (sulfide) groups is 1. The molecule has 2 aromatic carbocycles. The molecule has 0 N–H and O–H groups in total. The average Bonchev–Trinajstić information content (AvgIpc) is 2.92. The van der Waals surface area contributed by atoms with E-state index in [1.54, 1.807) is 4.90 Å². The molecular weight excluding hydrogens is 328 g/mol. The Hall–Kier alpha value is -2.33. The summed E-state index contributed by atoms with van der Waals surface area (Å²) in [6, 6.07) is 16.2. The highest BCUT2D eigenvalue weighted by atomic mass is 32.2. The summed E-state index contributed by atoms with van der Waals surface area (Å²) >= 11 is 1.48. The van der Waals surface area contributed by atoms with E-state index in [9.17, 15) is 4.79 Å². The first-order valence-electron chi connectivity index (χ1n) is 8.35. The van der Waals surface area contributed by atoms with Gasteiger partial charge >= 0.3 is 0 Å². The number of amides is 1. The van der Waals surface area contributed by atoms with Gasteiger partial charge in [-0.25, -0.2) is 4.99 Å². The van der Waals surface area contributed by atoms with Crippen molar-refractivity contribution in [2.24, 2.45) is 4.99 Å². The fourth-order valence-electron chi connectivity index (χ4n) is 2.69. The zero-order valence-electron chi connectivity index (χ0n) is 15.0. The first kappa shape index (κ1) is 17.5. The quantitative estimate of drug-likeness (QED) is 0.711. The van der Waals surface area contributed by atoms with Crippen molar-refractivity contribution in [3.8, 4) is 0 Å². The molecule has 3 rings (SSSR count). The average molecular weight is 350 g/mol. The second-order valence-corrected chi connectivity index (χ2v) is 7.20. The molecule has 1 aliphatic heterocycles. The van der Waals surface area contributed by atoms with Gasteiger partial charge in [0.1, 0.15) is 5.70 Å². The van der Waals surface area contributed by atoms with Crippen LogP contribution in [0.1, 0.15) is 36.5 Å². The number of anilines is 1. The third-order valence-corrected chi connectivity index (χ3v) is 4.85. The monoisotopic (exact) mass is 350 g/mol. The molecule has 0 aliphatic carbocycles. The van der Waals surface area contributed by atoms with Crippen LogP contribution in [0.25, 0.3) is 6.08 Å². The lowest BCUT2D eigenvalue weighted by Gasteiger charge is -2.16. The number of hydrogen-bond acceptors (Lipinski definition) is 3. The minimum Gasteiger partial charge on any atom is -0.266 e. The van der Waals surface area contributed by atoms with E-state index >= 15 is 0 Å². The van der Waals surface area contributed by atoms with E-state index in [4.69, 9.17) is 0 Å². The molecule has 128 valence electrons. The topological polar surface area (TPSA) is 32.7 Å². The lowest BCUT2D eigenvalue weighted by molar-refractivity contribution is -0.113. The maximum Gasteiger partial charge on any atom is 0.283 e. The van der Waals surface area contributed by atoms with Crippen molar-refractivity contribution in [1.29, 1.82) is 0 Å². The predicted molar refractivity (Wildman–Crippen MR) is 108 cm³/mol. The first-order chi connectivity index (χ1) is 12.0. The van der Waals surface area contributed by atoms with E-state index in [2.05, 4.69) is 31.0 Å². The Balaban J connectivity index is 1.91. The Morgan fingerprint density at radius 3 is 2.24 bits per heavy atom. The van der Waals surface area contributed by atoms with Crippen molar-refractivity contribution in [2.75, 3.05) is 11.2 Å². The Kier molecular flexibility index (Phi) is 5.09. The van der Waals surface area contributed by atoms with Crippen LogP contribution >= 0.6 is 11.8 Å². The highest BCUT2D eigenvalue weighted by Crippen LogP contribution is 2.29. The number of carbonyl (C=O) groups excluding carboxylic acids is 1. The number of aryl methyl sites for hydroxylation is 1. The molecule has 0 bridgehead atoms. The second-order valence-electron chi connectivity index (χ2n) is 6.43. The van der Waals surface area contributed by atoms with Gasteiger partial charge in [-0.05, 0) is 48.4 Å². The standard InChI is InChI=1S/C21H22N2OS/c1-14(2)17-9-7-16(8-10-17)13-19-20(24)23(21(22-19)25-4)18-11-5-15(3)6-12-18/h5-14H,1-4H3/b19-13+. The van der Waals surface area contributed by atoms with Crippen LogP contribution in [-0.4, -0.2) is 17.3 Å². The summed E-state index contributed by atoms with van der Waals surface area (Å²) in [4.78, 5) is 19.1. The molecule has 1 amide bonds. The Labute approximate surface area is 153 Å². The van der Waals surface area contributed by atoms with Crippen molar-refractivity contribution in [1.82, 2.24) is 0 Å². The smallest absolute Gasteiger partial charge is 0.266 e. The van der Waals surface area contributed by atoms with Crippen LogP contribution in [-0.2, 0) is 4.79 Å². The second kappa shape index (κ2) is 7.28. The van der Waals surface area contributed by atoms with Gasteiger partial charge in [0.15, 0.2) is 5.17 Å². The van der Waals surface area contributed by atoms with Crippen LogP contribution in [0.3, 0.4) is 0 Å². The van der Waals surface area contributed by atoms with E-state index in [1.165, 1.54) is 22.9 Å². The fourth-order valence-corrected chi connectivity index (χ4v) is 3.25. The van der Waals surface area contributed by atoms with Gasteiger partial charge in [0.25, 0.3) is 5.91 Å². The van der Waals surface area contributed by atoms with E-state index in [-0.39, 0.29) is 5.91 Å². The molecule has 0 saturated heterocycles. The zero-order valence-corrected chi connectivity index (χ0v) is 15.8. The van der Waals surface area contributed by atoms with Crippen LogP contribution in [0.2, 0.25) is 0 Å². The van der Waals surface area contributed by atoms with Crippen LogP contribution in [0.4, 0.5) is 5.69 Å². The third-order valence-electron chi connectivity index (χ3n) is 4.21. The Morgan fingerprint density at radius 2 is 1.68 bits per heavy atom. The first-order valence-corrected chi connectivity index (χ1v) is 9.57. The number of benzene rings is 2. The number of hydrogen-bond donors (Lipinski definition) is 0. The van der Waals surface area contributed by atoms with Gasteiger partial charge < -0.3 is 0 Å². The Bertz CT molecular complexity index is 833. The van der Waals surface area contributed by atoms with Crippen molar-refractivity contribution in [3.05, 3.63) is 70.9 Å². The molecule has 0 unspecified atom stereocenters. The lowest BCUT2D eigenvalue weighted by Crippen LogP contribution is -2.29. The molecule has 3 nitrogen and oxygen atoms in total. The largest absolute Gasteiger partial charge is 0.283 e. The van der Waals surface area contributed by atoms with Gasteiger partial charge in [0.2, 0.25) is 0 Å². The zero-order chi connectivity index (χ0) is 18.0. The number of amidine groups is 1. The SMILES string of the molecule is CSC1=N/C(=C/c2ccc(C(C)C)cc2)C(=O)N1c1ccc(C)cc1. The molecule has 0 fully saturated rings. The lowest BCUT2D eigenvalue weighted by atomic mass is 10.0. The molecule has 0 radical (unpaired) electrons. The number of rotatable bonds is 3. The number of nitrogens with zero attached hydrogens (tertiary/aromatic N) is 2. The Morgan fingerprint density at radius 1 is 1.04 bits per heavy atom. The molecule has 25 heavy (non-hydrogen) atoms. The number of aliphatic imine (C=N–C) groups is 1.